The molecule has 0 aliphatic rings. The van der Waals surface area contributed by atoms with Crippen molar-refractivity contribution in [1.29, 1.82) is 0 Å². The molecule has 0 aliphatic heterocycles. The molecule has 0 spiro atoms. The van der Waals surface area contributed by atoms with Crippen LogP contribution >= 0.6 is 23.4 Å². The monoisotopic (exact) mass is 277 g/mol. The van der Waals surface area contributed by atoms with Gasteiger partial charge in [0.25, 0.3) is 0 Å². The first-order valence-electron chi connectivity index (χ1n) is 5.86. The van der Waals surface area contributed by atoms with Crippen LogP contribution in [0.1, 0.15) is 16.7 Å². The Kier molecular flexibility index (Phi) is 4.70. The minimum absolute atomic E-state index is 0.605. The summed E-state index contributed by atoms with van der Waals surface area (Å²) < 4.78 is 0. The smallest absolute Gasteiger partial charge is 0.0406 e. The molecule has 0 bridgehead atoms. The van der Waals surface area contributed by atoms with Crippen molar-refractivity contribution in [2.75, 3.05) is 0 Å². The van der Waals surface area contributed by atoms with Crippen molar-refractivity contribution in [2.24, 2.45) is 5.73 Å². The largest absolute Gasteiger partial charge is 0.326 e. The highest BCUT2D eigenvalue weighted by Crippen LogP contribution is 2.25. The topological polar surface area (TPSA) is 26.0 Å². The fraction of sp³-hybridized carbons (Fsp3) is 0.200. The van der Waals surface area contributed by atoms with E-state index in [9.17, 15) is 0 Å². The number of rotatable bonds is 4. The van der Waals surface area contributed by atoms with Gasteiger partial charge in [-0.05, 0) is 47.9 Å². The van der Waals surface area contributed by atoms with Gasteiger partial charge in [-0.2, -0.15) is 0 Å². The van der Waals surface area contributed by atoms with Crippen LogP contribution in [0.2, 0.25) is 5.02 Å². The molecule has 0 saturated heterocycles. The molecule has 2 aromatic carbocycles. The molecule has 0 aliphatic carbocycles. The summed E-state index contributed by atoms with van der Waals surface area (Å²) in [5.74, 6) is 0.957. The summed E-state index contributed by atoms with van der Waals surface area (Å²) in [5, 5.41) is 0.784. The third kappa shape index (κ3) is 3.52. The van der Waals surface area contributed by atoms with Gasteiger partial charge in [-0.25, -0.2) is 0 Å². The quantitative estimate of drug-likeness (QED) is 0.839. The Labute approximate surface area is 117 Å². The highest BCUT2D eigenvalue weighted by atomic mass is 35.5. The molecule has 0 unspecified atom stereocenters. The van der Waals surface area contributed by atoms with E-state index in [1.54, 1.807) is 0 Å². The summed E-state index contributed by atoms with van der Waals surface area (Å²) in [4.78, 5) is 1.28. The van der Waals surface area contributed by atoms with Crippen molar-refractivity contribution >= 4 is 23.4 Å². The Morgan fingerprint density at radius 3 is 2.44 bits per heavy atom. The lowest BCUT2D eigenvalue weighted by molar-refractivity contribution is 1.04. The van der Waals surface area contributed by atoms with Crippen LogP contribution in [0, 0.1) is 6.92 Å². The van der Waals surface area contributed by atoms with E-state index in [0.717, 1.165) is 10.8 Å². The zero-order valence-corrected chi connectivity index (χ0v) is 11.9. The van der Waals surface area contributed by atoms with Gasteiger partial charge in [0.05, 0.1) is 0 Å². The SMILES string of the molecule is Cc1cc(SCc2ccc(Cl)cc2)ccc1CN. The van der Waals surface area contributed by atoms with Gasteiger partial charge in [0.1, 0.15) is 0 Å². The van der Waals surface area contributed by atoms with Crippen LogP contribution in [-0.4, -0.2) is 0 Å². The third-order valence-corrected chi connectivity index (χ3v) is 4.17. The van der Waals surface area contributed by atoms with Gasteiger partial charge < -0.3 is 5.73 Å². The minimum Gasteiger partial charge on any atom is -0.326 e. The molecule has 0 radical (unpaired) electrons. The minimum atomic E-state index is 0.605. The fourth-order valence-electron chi connectivity index (χ4n) is 1.73. The van der Waals surface area contributed by atoms with Gasteiger partial charge in [-0.3, -0.25) is 0 Å². The molecule has 2 rings (SSSR count). The molecular weight excluding hydrogens is 262 g/mol. The van der Waals surface area contributed by atoms with Crippen LogP contribution in [0.3, 0.4) is 0 Å². The second-order valence-electron chi connectivity index (χ2n) is 4.21. The summed E-state index contributed by atoms with van der Waals surface area (Å²) in [6.45, 7) is 2.71. The third-order valence-electron chi connectivity index (χ3n) is 2.85. The van der Waals surface area contributed by atoms with Gasteiger partial charge in [-0.15, -0.1) is 11.8 Å². The van der Waals surface area contributed by atoms with Crippen molar-refractivity contribution < 1.29 is 0 Å². The lowest BCUT2D eigenvalue weighted by atomic mass is 10.1. The predicted octanol–water partition coefficient (Wildman–Crippen LogP) is 4.40. The fourth-order valence-corrected chi connectivity index (χ4v) is 2.81. The van der Waals surface area contributed by atoms with Crippen LogP contribution in [0.4, 0.5) is 0 Å². The first-order chi connectivity index (χ1) is 8.69. The van der Waals surface area contributed by atoms with E-state index in [2.05, 4.69) is 37.3 Å². The maximum absolute atomic E-state index is 5.86. The second-order valence-corrected chi connectivity index (χ2v) is 5.69. The Bertz CT molecular complexity index is 523. The van der Waals surface area contributed by atoms with Gasteiger partial charge in [-0.1, -0.05) is 29.8 Å². The lowest BCUT2D eigenvalue weighted by Crippen LogP contribution is -1.98. The van der Waals surface area contributed by atoms with Crippen molar-refractivity contribution in [3.8, 4) is 0 Å². The molecule has 1 nitrogen and oxygen atoms in total. The lowest BCUT2D eigenvalue weighted by Gasteiger charge is -2.07. The summed E-state index contributed by atoms with van der Waals surface area (Å²) in [6, 6.07) is 14.4. The number of benzene rings is 2. The van der Waals surface area contributed by atoms with E-state index < -0.39 is 0 Å². The molecule has 0 amide bonds. The van der Waals surface area contributed by atoms with Crippen LogP contribution in [-0.2, 0) is 12.3 Å². The van der Waals surface area contributed by atoms with E-state index in [1.807, 2.05) is 23.9 Å². The Morgan fingerprint density at radius 2 is 1.83 bits per heavy atom. The molecule has 0 atom stereocenters. The van der Waals surface area contributed by atoms with E-state index >= 15 is 0 Å². The maximum atomic E-state index is 5.86. The average molecular weight is 278 g/mol. The Balaban J connectivity index is 2.02. The van der Waals surface area contributed by atoms with Crippen LogP contribution in [0.5, 0.6) is 0 Å². The summed E-state index contributed by atoms with van der Waals surface area (Å²) in [6.07, 6.45) is 0. The number of hydrogen-bond donors (Lipinski definition) is 1. The van der Waals surface area contributed by atoms with Crippen molar-refractivity contribution in [1.82, 2.24) is 0 Å². The zero-order chi connectivity index (χ0) is 13.0. The summed E-state index contributed by atoms with van der Waals surface area (Å²) in [7, 11) is 0. The molecule has 0 heterocycles. The van der Waals surface area contributed by atoms with Crippen LogP contribution < -0.4 is 5.73 Å². The van der Waals surface area contributed by atoms with Gasteiger partial charge in [0.15, 0.2) is 0 Å². The van der Waals surface area contributed by atoms with E-state index in [4.69, 9.17) is 17.3 Å². The zero-order valence-electron chi connectivity index (χ0n) is 10.3. The standard InChI is InChI=1S/C15H16ClNS/c1-11-8-15(7-4-13(11)9-17)18-10-12-2-5-14(16)6-3-12/h2-8H,9-10,17H2,1H3. The molecule has 0 aromatic heterocycles. The maximum Gasteiger partial charge on any atom is 0.0406 e. The second kappa shape index (κ2) is 6.28. The van der Waals surface area contributed by atoms with E-state index in [0.29, 0.717) is 6.54 Å². The van der Waals surface area contributed by atoms with Gasteiger partial charge in [0.2, 0.25) is 0 Å². The Hall–Kier alpha value is -0.960. The highest BCUT2D eigenvalue weighted by molar-refractivity contribution is 7.98. The first kappa shape index (κ1) is 13.5. The normalized spacial score (nSPS) is 10.6. The van der Waals surface area contributed by atoms with Crippen LogP contribution in [0.25, 0.3) is 0 Å². The molecule has 2 N–H and O–H groups in total. The van der Waals surface area contributed by atoms with Gasteiger partial charge >= 0.3 is 0 Å². The van der Waals surface area contributed by atoms with Crippen LogP contribution in [0.15, 0.2) is 47.4 Å². The number of aryl methyl sites for hydroxylation is 1. The molecule has 94 valence electrons. The predicted molar refractivity (Wildman–Crippen MR) is 80.1 cm³/mol. The molecule has 3 heteroatoms. The summed E-state index contributed by atoms with van der Waals surface area (Å²) >= 11 is 7.69. The van der Waals surface area contributed by atoms with Crippen molar-refractivity contribution in [3.05, 3.63) is 64.2 Å². The van der Waals surface area contributed by atoms with Gasteiger partial charge in [0, 0.05) is 22.2 Å². The van der Waals surface area contributed by atoms with E-state index in [-0.39, 0.29) is 0 Å². The molecular formula is C15H16ClNS. The highest BCUT2D eigenvalue weighted by Gasteiger charge is 2.00. The summed E-state index contributed by atoms with van der Waals surface area (Å²) in [5.41, 5.74) is 9.42. The number of halogens is 1. The molecule has 2 aromatic rings. The first-order valence-corrected chi connectivity index (χ1v) is 7.22. The number of nitrogens with two attached hydrogens (primary N) is 1. The number of thioether (sulfide) groups is 1. The molecule has 0 saturated carbocycles. The average Bonchev–Trinajstić information content (AvgIpc) is 2.38. The van der Waals surface area contributed by atoms with Crippen molar-refractivity contribution in [2.45, 2.75) is 24.1 Å². The Morgan fingerprint density at radius 1 is 1.11 bits per heavy atom. The molecule has 0 fully saturated rings. The van der Waals surface area contributed by atoms with E-state index in [1.165, 1.54) is 21.6 Å². The molecule has 18 heavy (non-hydrogen) atoms. The number of hydrogen-bond acceptors (Lipinski definition) is 2. The van der Waals surface area contributed by atoms with Crippen molar-refractivity contribution in [3.63, 3.8) is 0 Å².